The van der Waals surface area contributed by atoms with E-state index in [0.29, 0.717) is 42.5 Å². The zero-order valence-electron chi connectivity index (χ0n) is 15.3. The zero-order valence-corrected chi connectivity index (χ0v) is 16.1. The van der Waals surface area contributed by atoms with Gasteiger partial charge in [0.15, 0.2) is 11.5 Å². The highest BCUT2D eigenvalue weighted by Crippen LogP contribution is 2.38. The van der Waals surface area contributed by atoms with Crippen molar-refractivity contribution in [1.82, 2.24) is 0 Å². The van der Waals surface area contributed by atoms with Crippen LogP contribution in [0.2, 0.25) is 0 Å². The van der Waals surface area contributed by atoms with Crippen LogP contribution in [0.15, 0.2) is 48.5 Å². The van der Waals surface area contributed by atoms with Gasteiger partial charge in [-0.05, 0) is 47.9 Å². The van der Waals surface area contributed by atoms with Crippen molar-refractivity contribution >= 4 is 28.6 Å². The summed E-state index contributed by atoms with van der Waals surface area (Å²) >= 11 is 1.40. The van der Waals surface area contributed by atoms with Crippen LogP contribution >= 0.6 is 11.3 Å². The van der Waals surface area contributed by atoms with E-state index < -0.39 is 4.92 Å². The van der Waals surface area contributed by atoms with Gasteiger partial charge in [0.1, 0.15) is 13.2 Å². The Balaban J connectivity index is 1.43. The van der Waals surface area contributed by atoms with Gasteiger partial charge in [0.2, 0.25) is 0 Å². The van der Waals surface area contributed by atoms with Crippen LogP contribution in [0, 0.1) is 10.1 Å². The number of carbonyl (C=O) groups excluding carboxylic acids is 1. The number of thiophene rings is 1. The number of nitro benzene ring substituents is 1. The van der Waals surface area contributed by atoms with Crippen molar-refractivity contribution < 1.29 is 19.2 Å². The van der Waals surface area contributed by atoms with Gasteiger partial charge in [-0.3, -0.25) is 14.9 Å². The lowest BCUT2D eigenvalue weighted by atomic mass is 10.1. The van der Waals surface area contributed by atoms with E-state index >= 15 is 0 Å². The molecule has 0 saturated heterocycles. The molecule has 5 rings (SSSR count). The molecular weight excluding hydrogens is 392 g/mol. The van der Waals surface area contributed by atoms with Crippen molar-refractivity contribution in [3.8, 4) is 21.9 Å². The number of benzene rings is 2. The van der Waals surface area contributed by atoms with Gasteiger partial charge in [-0.15, -0.1) is 11.3 Å². The highest BCUT2D eigenvalue weighted by atomic mass is 32.1. The fourth-order valence-electron chi connectivity index (χ4n) is 3.63. The minimum atomic E-state index is -0.438. The summed E-state index contributed by atoms with van der Waals surface area (Å²) in [5.41, 5.74) is 2.52. The van der Waals surface area contributed by atoms with Gasteiger partial charge >= 0.3 is 0 Å². The van der Waals surface area contributed by atoms with Gasteiger partial charge in [0, 0.05) is 23.6 Å². The molecule has 2 aliphatic rings. The Morgan fingerprint density at radius 2 is 1.86 bits per heavy atom. The van der Waals surface area contributed by atoms with Gasteiger partial charge < -0.3 is 14.4 Å². The van der Waals surface area contributed by atoms with Crippen LogP contribution < -0.4 is 14.4 Å². The number of carbonyl (C=O) groups is 1. The molecule has 2 aliphatic heterocycles. The first-order valence-electron chi connectivity index (χ1n) is 9.19. The fraction of sp³-hybridized carbons (Fsp3) is 0.190. The lowest BCUT2D eigenvalue weighted by Crippen LogP contribution is -2.28. The van der Waals surface area contributed by atoms with E-state index in [2.05, 4.69) is 0 Å². The Labute approximate surface area is 170 Å². The highest BCUT2D eigenvalue weighted by Gasteiger charge is 2.28. The van der Waals surface area contributed by atoms with Crippen LogP contribution in [0.1, 0.15) is 15.2 Å². The topological polar surface area (TPSA) is 81.9 Å². The van der Waals surface area contributed by atoms with E-state index in [0.717, 1.165) is 21.8 Å². The third-order valence-electron chi connectivity index (χ3n) is 5.06. The van der Waals surface area contributed by atoms with E-state index in [4.69, 9.17) is 9.47 Å². The van der Waals surface area contributed by atoms with Gasteiger partial charge in [-0.1, -0.05) is 6.07 Å². The Morgan fingerprint density at radius 3 is 2.69 bits per heavy atom. The molecule has 0 aliphatic carbocycles. The number of hydrogen-bond donors (Lipinski definition) is 0. The first-order valence-corrected chi connectivity index (χ1v) is 10.0. The molecule has 3 heterocycles. The molecule has 0 bridgehead atoms. The van der Waals surface area contributed by atoms with Gasteiger partial charge in [-0.2, -0.15) is 0 Å². The predicted octanol–water partition coefficient (Wildman–Crippen LogP) is 4.30. The highest BCUT2D eigenvalue weighted by molar-refractivity contribution is 7.17. The summed E-state index contributed by atoms with van der Waals surface area (Å²) in [5, 5.41) is 11.1. The number of nitro groups is 1. The minimum Gasteiger partial charge on any atom is -0.486 e. The SMILES string of the molecule is O=C(c1ccc(-c2ccc3c(c2)OCCO3)s1)N1CCc2ccc([N+](=O)[O-])cc21. The Morgan fingerprint density at radius 1 is 1.03 bits per heavy atom. The average Bonchev–Trinajstić information content (AvgIpc) is 3.40. The number of fused-ring (bicyclic) bond motifs is 2. The van der Waals surface area contributed by atoms with E-state index in [1.165, 1.54) is 23.5 Å². The molecule has 0 atom stereocenters. The van der Waals surface area contributed by atoms with Crippen LogP contribution in [0.4, 0.5) is 11.4 Å². The maximum atomic E-state index is 13.1. The zero-order chi connectivity index (χ0) is 20.0. The molecule has 7 nitrogen and oxygen atoms in total. The maximum Gasteiger partial charge on any atom is 0.271 e. The van der Waals surface area contributed by atoms with Crippen LogP contribution in [-0.4, -0.2) is 30.6 Å². The van der Waals surface area contributed by atoms with Crippen molar-refractivity contribution in [3.63, 3.8) is 0 Å². The summed E-state index contributed by atoms with van der Waals surface area (Å²) < 4.78 is 11.2. The molecule has 1 amide bonds. The number of non-ortho nitro benzene ring substituents is 1. The Bertz CT molecular complexity index is 1140. The first-order chi connectivity index (χ1) is 14.1. The van der Waals surface area contributed by atoms with Gasteiger partial charge in [0.25, 0.3) is 11.6 Å². The smallest absolute Gasteiger partial charge is 0.271 e. The summed E-state index contributed by atoms with van der Waals surface area (Å²) in [6.07, 6.45) is 0.694. The summed E-state index contributed by atoms with van der Waals surface area (Å²) in [4.78, 5) is 26.9. The molecular formula is C21H16N2O5S. The second kappa shape index (κ2) is 6.89. The van der Waals surface area contributed by atoms with Crippen LogP contribution in [0.25, 0.3) is 10.4 Å². The van der Waals surface area contributed by atoms with E-state index in [1.54, 1.807) is 17.0 Å². The molecule has 0 N–H and O–H groups in total. The van der Waals surface area contributed by atoms with Crippen LogP contribution in [0.5, 0.6) is 11.5 Å². The lowest BCUT2D eigenvalue weighted by molar-refractivity contribution is -0.384. The van der Waals surface area contributed by atoms with Crippen molar-refractivity contribution in [1.29, 1.82) is 0 Å². The third-order valence-corrected chi connectivity index (χ3v) is 6.19. The monoisotopic (exact) mass is 408 g/mol. The van der Waals surface area contributed by atoms with E-state index in [9.17, 15) is 14.9 Å². The number of hydrogen-bond acceptors (Lipinski definition) is 6. The molecule has 8 heteroatoms. The molecule has 0 radical (unpaired) electrons. The molecule has 29 heavy (non-hydrogen) atoms. The number of anilines is 1. The molecule has 0 unspecified atom stereocenters. The van der Waals surface area contributed by atoms with Crippen LogP contribution in [-0.2, 0) is 6.42 Å². The standard InChI is InChI=1S/C21H16N2O5S/c24-21(22-8-7-13-1-3-15(23(25)26)12-16(13)22)20-6-5-19(29-20)14-2-4-17-18(11-14)28-10-9-27-17/h1-6,11-12H,7-10H2. The molecule has 3 aromatic rings. The molecule has 0 saturated carbocycles. The quantitative estimate of drug-likeness (QED) is 0.477. The van der Waals surface area contributed by atoms with Gasteiger partial charge in [-0.25, -0.2) is 0 Å². The molecule has 1 aromatic heterocycles. The molecule has 146 valence electrons. The van der Waals surface area contributed by atoms with Crippen molar-refractivity contribution in [2.45, 2.75) is 6.42 Å². The largest absolute Gasteiger partial charge is 0.486 e. The summed E-state index contributed by atoms with van der Waals surface area (Å²) in [5.74, 6) is 1.29. The van der Waals surface area contributed by atoms with Crippen LogP contribution in [0.3, 0.4) is 0 Å². The summed E-state index contributed by atoms with van der Waals surface area (Å²) in [6, 6.07) is 14.2. The summed E-state index contributed by atoms with van der Waals surface area (Å²) in [7, 11) is 0. The fourth-order valence-corrected chi connectivity index (χ4v) is 4.58. The van der Waals surface area contributed by atoms with E-state index in [-0.39, 0.29) is 11.6 Å². The summed E-state index contributed by atoms with van der Waals surface area (Å²) in [6.45, 7) is 1.58. The van der Waals surface area contributed by atoms with E-state index in [1.807, 2.05) is 24.3 Å². The predicted molar refractivity (Wildman–Crippen MR) is 109 cm³/mol. The lowest BCUT2D eigenvalue weighted by Gasteiger charge is -2.18. The number of ether oxygens (including phenoxy) is 2. The van der Waals surface area contributed by atoms with Gasteiger partial charge in [0.05, 0.1) is 15.5 Å². The van der Waals surface area contributed by atoms with Crippen molar-refractivity contribution in [2.24, 2.45) is 0 Å². The maximum absolute atomic E-state index is 13.1. The molecule has 0 fully saturated rings. The normalized spacial score (nSPS) is 14.6. The van der Waals surface area contributed by atoms with Crippen molar-refractivity contribution in [2.75, 3.05) is 24.7 Å². The number of nitrogens with zero attached hydrogens (tertiary/aromatic N) is 2. The molecule has 2 aromatic carbocycles. The molecule has 0 spiro atoms. The second-order valence-corrected chi connectivity index (χ2v) is 7.88. The van der Waals surface area contributed by atoms with Crippen molar-refractivity contribution in [3.05, 3.63) is 69.1 Å². The minimum absolute atomic E-state index is 0.00778. The third kappa shape index (κ3) is 3.11. The average molecular weight is 408 g/mol. The number of rotatable bonds is 3. The Kier molecular flexibility index (Phi) is 4.21. The first kappa shape index (κ1) is 17.7. The second-order valence-electron chi connectivity index (χ2n) is 6.80. The Hall–Kier alpha value is -3.39. The number of amides is 1.